The van der Waals surface area contributed by atoms with Gasteiger partial charge in [0.25, 0.3) is 0 Å². The van der Waals surface area contributed by atoms with Crippen molar-refractivity contribution in [3.8, 4) is 0 Å². The van der Waals surface area contributed by atoms with Crippen LogP contribution >= 0.6 is 0 Å². The Morgan fingerprint density at radius 1 is 1.05 bits per heavy atom. The number of aliphatic hydroxyl groups excluding tert-OH is 1. The van der Waals surface area contributed by atoms with E-state index in [1.165, 1.54) is 62.2 Å². The Kier molecular flexibility index (Phi) is 8.32. The molecule has 0 saturated carbocycles. The average molecular weight is 535 g/mol. The van der Waals surface area contributed by atoms with Gasteiger partial charge in [-0.05, 0) is 62.3 Å². The summed E-state index contributed by atoms with van der Waals surface area (Å²) in [4.78, 5) is 25.0. The molecule has 0 aliphatic carbocycles. The van der Waals surface area contributed by atoms with Crippen LogP contribution < -0.4 is 5.32 Å². The molecule has 2 saturated heterocycles. The van der Waals surface area contributed by atoms with E-state index in [0.717, 1.165) is 0 Å². The van der Waals surface area contributed by atoms with Crippen LogP contribution in [0.2, 0.25) is 0 Å². The molecule has 2 fully saturated rings. The van der Waals surface area contributed by atoms with Crippen molar-refractivity contribution < 1.29 is 53.7 Å². The zero-order chi connectivity index (χ0) is 29.0. The Morgan fingerprint density at radius 3 is 2.03 bits per heavy atom. The summed E-state index contributed by atoms with van der Waals surface area (Å²) in [5.74, 6) is -1.98. The highest BCUT2D eigenvalue weighted by Crippen LogP contribution is 2.54. The summed E-state index contributed by atoms with van der Waals surface area (Å²) in [6.07, 6.45) is -4.05. The second-order valence-corrected chi connectivity index (χ2v) is 11.4. The average Bonchev–Trinajstić information content (AvgIpc) is 2.78. The molecule has 5 N–H and O–H groups in total. The fourth-order valence-corrected chi connectivity index (χ4v) is 5.52. The number of aliphatic carboxylic acids is 1. The lowest BCUT2D eigenvalue weighted by Gasteiger charge is -2.65. The van der Waals surface area contributed by atoms with Gasteiger partial charge < -0.3 is 49.4 Å². The highest BCUT2D eigenvalue weighted by molar-refractivity contribution is 5.80. The van der Waals surface area contributed by atoms with Gasteiger partial charge in [0.2, 0.25) is 5.91 Å². The standard InChI is InChI=1S/C25H44NO11/c1-12-34-13-19(4)16(28)22(7,33-11)20(5,26-15(3)27)18(36-19)37-25(10)23(8,17(29)30)35-14(2)21(6,31)24(25,9)32/h12,14,16,18,28,31-32H,13H2,1-11H3,(H,26,27)(H,29,30). The molecule has 2 heterocycles. The third kappa shape index (κ3) is 4.29. The predicted molar refractivity (Wildman–Crippen MR) is 130 cm³/mol. The van der Waals surface area contributed by atoms with Gasteiger partial charge in [-0.15, -0.1) is 0 Å². The van der Waals surface area contributed by atoms with E-state index in [9.17, 15) is 30.0 Å². The van der Waals surface area contributed by atoms with Crippen molar-refractivity contribution in [2.45, 2.75) is 127 Å². The summed E-state index contributed by atoms with van der Waals surface area (Å²) in [6, 6.07) is 0. The Morgan fingerprint density at radius 2 is 1.59 bits per heavy atom. The Hall–Kier alpha value is -1.38. The van der Waals surface area contributed by atoms with E-state index >= 15 is 0 Å². The summed E-state index contributed by atoms with van der Waals surface area (Å²) in [6.45, 7) is 15.3. The molecule has 12 heteroatoms. The number of hydrogen-bond donors (Lipinski definition) is 5. The van der Waals surface area contributed by atoms with Crippen LogP contribution in [0.5, 0.6) is 0 Å². The van der Waals surface area contributed by atoms with Crippen LogP contribution in [0.3, 0.4) is 0 Å². The van der Waals surface area contributed by atoms with E-state index in [4.69, 9.17) is 23.7 Å². The van der Waals surface area contributed by atoms with E-state index in [-0.39, 0.29) is 6.61 Å². The maximum absolute atomic E-state index is 12.6. The molecule has 0 aromatic carbocycles. The Balaban J connectivity index is 2.83. The number of carboxylic acids is 1. The largest absolute Gasteiger partial charge is 0.479 e. The van der Waals surface area contributed by atoms with E-state index in [2.05, 4.69) is 5.32 Å². The first kappa shape index (κ1) is 31.8. The highest BCUT2D eigenvalue weighted by Gasteiger charge is 2.76. The number of hydrogen-bond acceptors (Lipinski definition) is 10. The first-order valence-corrected chi connectivity index (χ1v) is 12.2. The normalized spacial score (nSPS) is 50.5. The molecule has 2 rings (SSSR count). The molecule has 1 radical (unpaired) electrons. The fourth-order valence-electron chi connectivity index (χ4n) is 5.52. The van der Waals surface area contributed by atoms with E-state index in [1.807, 2.05) is 0 Å². The predicted octanol–water partition coefficient (Wildman–Crippen LogP) is 0.500. The monoisotopic (exact) mass is 534 g/mol. The number of methoxy groups -OCH3 is 1. The second-order valence-electron chi connectivity index (χ2n) is 11.4. The molecule has 12 nitrogen and oxygen atoms in total. The van der Waals surface area contributed by atoms with Crippen LogP contribution in [0.25, 0.3) is 0 Å². The van der Waals surface area contributed by atoms with E-state index in [1.54, 1.807) is 20.8 Å². The lowest BCUT2D eigenvalue weighted by atomic mass is 9.61. The minimum Gasteiger partial charge on any atom is -0.479 e. The summed E-state index contributed by atoms with van der Waals surface area (Å²) in [5.41, 5.74) is -13.4. The quantitative estimate of drug-likeness (QED) is 0.293. The molecule has 37 heavy (non-hydrogen) atoms. The van der Waals surface area contributed by atoms with Crippen LogP contribution in [0.4, 0.5) is 0 Å². The van der Waals surface area contributed by atoms with E-state index < -0.39 is 69.5 Å². The molecular weight excluding hydrogens is 490 g/mol. The summed E-state index contributed by atoms with van der Waals surface area (Å²) in [5, 5.41) is 47.6. The number of carbonyl (C=O) groups excluding carboxylic acids is 1. The summed E-state index contributed by atoms with van der Waals surface area (Å²) in [7, 11) is 1.34. The van der Waals surface area contributed by atoms with Gasteiger partial charge in [-0.2, -0.15) is 0 Å². The molecule has 1 amide bonds. The van der Waals surface area contributed by atoms with Crippen molar-refractivity contribution in [3.05, 3.63) is 6.61 Å². The number of amides is 1. The van der Waals surface area contributed by atoms with Gasteiger partial charge in [0, 0.05) is 14.0 Å². The van der Waals surface area contributed by atoms with Gasteiger partial charge in [-0.25, -0.2) is 4.79 Å². The topological polar surface area (TPSA) is 173 Å². The number of nitrogens with one attached hydrogen (secondary N) is 1. The van der Waals surface area contributed by atoms with Crippen LogP contribution in [0.1, 0.15) is 69.2 Å². The lowest BCUT2D eigenvalue weighted by Crippen LogP contribution is -2.86. The first-order valence-electron chi connectivity index (χ1n) is 12.2. The molecule has 10 unspecified atom stereocenters. The molecule has 2 aliphatic rings. The third-order valence-electron chi connectivity index (χ3n) is 9.16. The lowest BCUT2D eigenvalue weighted by molar-refractivity contribution is -0.430. The molecule has 0 spiro atoms. The van der Waals surface area contributed by atoms with Gasteiger partial charge in [0.15, 0.2) is 11.9 Å². The van der Waals surface area contributed by atoms with Gasteiger partial charge in [0.1, 0.15) is 39.6 Å². The Labute approximate surface area is 218 Å². The number of carbonyl (C=O) groups is 2. The maximum atomic E-state index is 12.6. The van der Waals surface area contributed by atoms with Crippen LogP contribution in [0, 0.1) is 6.61 Å². The number of carboxylic acid groups (broad SMARTS) is 1. The van der Waals surface area contributed by atoms with Gasteiger partial charge in [0.05, 0.1) is 19.3 Å². The smallest absolute Gasteiger partial charge is 0.338 e. The van der Waals surface area contributed by atoms with Gasteiger partial charge in [-0.1, -0.05) is 0 Å². The van der Waals surface area contributed by atoms with Crippen molar-refractivity contribution in [3.63, 3.8) is 0 Å². The van der Waals surface area contributed by atoms with Crippen molar-refractivity contribution in [2.75, 3.05) is 13.7 Å². The van der Waals surface area contributed by atoms with E-state index in [0.29, 0.717) is 0 Å². The molecular formula is C25H44NO11. The van der Waals surface area contributed by atoms with Gasteiger partial charge >= 0.3 is 5.97 Å². The maximum Gasteiger partial charge on any atom is 0.338 e. The number of aliphatic hydroxyl groups is 3. The van der Waals surface area contributed by atoms with Crippen LogP contribution in [-0.2, 0) is 33.3 Å². The number of rotatable bonds is 8. The fraction of sp³-hybridized carbons (Fsp3) is 0.880. The third-order valence-corrected chi connectivity index (χ3v) is 9.16. The second kappa shape index (κ2) is 9.67. The zero-order valence-corrected chi connectivity index (χ0v) is 23.7. The summed E-state index contributed by atoms with van der Waals surface area (Å²) < 4.78 is 29.8. The first-order chi connectivity index (χ1) is 16.6. The molecule has 0 bridgehead atoms. The Bertz CT molecular complexity index is 896. The highest BCUT2D eigenvalue weighted by atomic mass is 16.7. The van der Waals surface area contributed by atoms with Crippen molar-refractivity contribution in [1.82, 2.24) is 5.32 Å². The van der Waals surface area contributed by atoms with Crippen molar-refractivity contribution in [2.24, 2.45) is 0 Å². The van der Waals surface area contributed by atoms with Crippen LogP contribution in [-0.4, -0.2) is 104 Å². The minimum absolute atomic E-state index is 0.159. The minimum atomic E-state index is -2.24. The van der Waals surface area contributed by atoms with Gasteiger partial charge in [-0.3, -0.25) is 4.79 Å². The van der Waals surface area contributed by atoms with Crippen molar-refractivity contribution >= 4 is 11.9 Å². The molecule has 2 aliphatic heterocycles. The molecule has 0 aromatic heterocycles. The number of ether oxygens (including phenoxy) is 5. The zero-order valence-electron chi connectivity index (χ0n) is 23.7. The molecule has 10 atom stereocenters. The van der Waals surface area contributed by atoms with Crippen LogP contribution in [0.15, 0.2) is 0 Å². The molecule has 215 valence electrons. The van der Waals surface area contributed by atoms with Crippen molar-refractivity contribution in [1.29, 1.82) is 0 Å². The summed E-state index contributed by atoms with van der Waals surface area (Å²) >= 11 is 0. The SMILES string of the molecule is C[CH]OCC1(C)OC(OC2(C)C(C)(C(=O)O)OC(C)C(C)(O)C2(C)O)C(C)(NC(C)=O)C(C)(OC)C1O. The molecule has 0 aromatic rings.